The molecule has 32 heavy (non-hydrogen) atoms. The molecule has 2 aliphatic rings. The second-order valence-electron chi connectivity index (χ2n) is 10.3. The standard InChI is InChI=1S/C27H40F4O/c1-2-3-4-8-16-27(17-13-21(14-18-27)20-9-6-5-7-10-20)19-15-22-11-12-23(32-26(30)31)25(29)24(22)28/h11-12,20-21,26H,2-10,13-19H2,1H3/t21-,27+. The molecule has 2 saturated carbocycles. The molecule has 5 heteroatoms. The first-order valence-electron chi connectivity index (χ1n) is 12.9. The van der Waals surface area contributed by atoms with E-state index < -0.39 is 24.0 Å². The summed E-state index contributed by atoms with van der Waals surface area (Å²) in [6.45, 7) is -0.954. The predicted octanol–water partition coefficient (Wildman–Crippen LogP) is 9.23. The van der Waals surface area contributed by atoms with E-state index in [1.54, 1.807) is 0 Å². The van der Waals surface area contributed by atoms with Gasteiger partial charge in [-0.3, -0.25) is 0 Å². The fourth-order valence-electron chi connectivity index (χ4n) is 6.23. The molecule has 2 aliphatic carbocycles. The molecule has 0 aromatic heterocycles. The minimum absolute atomic E-state index is 0.194. The Labute approximate surface area is 191 Å². The predicted molar refractivity (Wildman–Crippen MR) is 121 cm³/mol. The molecule has 0 atom stereocenters. The number of rotatable bonds is 11. The zero-order chi connectivity index (χ0) is 23.0. The maximum atomic E-state index is 14.5. The van der Waals surface area contributed by atoms with Crippen LogP contribution in [-0.2, 0) is 6.42 Å². The van der Waals surface area contributed by atoms with Crippen molar-refractivity contribution in [1.82, 2.24) is 0 Å². The minimum atomic E-state index is -3.17. The Kier molecular flexibility index (Phi) is 9.73. The molecular formula is C27H40F4O. The van der Waals surface area contributed by atoms with Crippen LogP contribution in [-0.4, -0.2) is 6.61 Å². The van der Waals surface area contributed by atoms with E-state index in [0.29, 0.717) is 6.42 Å². The van der Waals surface area contributed by atoms with Crippen LogP contribution in [0.4, 0.5) is 17.6 Å². The molecular weight excluding hydrogens is 416 g/mol. The first-order chi connectivity index (χ1) is 15.4. The molecule has 0 bridgehead atoms. The van der Waals surface area contributed by atoms with Crippen molar-refractivity contribution in [1.29, 1.82) is 0 Å². The molecule has 1 aromatic carbocycles. The van der Waals surface area contributed by atoms with E-state index in [-0.39, 0.29) is 11.0 Å². The molecule has 182 valence electrons. The van der Waals surface area contributed by atoms with E-state index >= 15 is 0 Å². The number of aryl methyl sites for hydroxylation is 1. The molecule has 1 aromatic rings. The van der Waals surface area contributed by atoms with Gasteiger partial charge in [-0.15, -0.1) is 0 Å². The van der Waals surface area contributed by atoms with Crippen LogP contribution in [0.3, 0.4) is 0 Å². The van der Waals surface area contributed by atoms with Gasteiger partial charge in [0.15, 0.2) is 11.6 Å². The summed E-state index contributed by atoms with van der Waals surface area (Å²) in [6.07, 6.45) is 19.1. The zero-order valence-corrected chi connectivity index (χ0v) is 19.6. The molecule has 0 radical (unpaired) electrons. The van der Waals surface area contributed by atoms with Gasteiger partial charge in [-0.25, -0.2) is 4.39 Å². The topological polar surface area (TPSA) is 9.23 Å². The van der Waals surface area contributed by atoms with E-state index in [0.717, 1.165) is 30.7 Å². The van der Waals surface area contributed by atoms with Crippen LogP contribution in [0.15, 0.2) is 12.1 Å². The smallest absolute Gasteiger partial charge is 0.387 e. The van der Waals surface area contributed by atoms with Crippen molar-refractivity contribution in [2.24, 2.45) is 17.3 Å². The highest BCUT2D eigenvalue weighted by molar-refractivity contribution is 5.31. The second kappa shape index (κ2) is 12.3. The van der Waals surface area contributed by atoms with Crippen molar-refractivity contribution in [3.8, 4) is 5.75 Å². The highest BCUT2D eigenvalue weighted by Gasteiger charge is 2.37. The first kappa shape index (κ1) is 25.4. The van der Waals surface area contributed by atoms with Gasteiger partial charge in [0.25, 0.3) is 0 Å². The van der Waals surface area contributed by atoms with Gasteiger partial charge in [-0.2, -0.15) is 13.2 Å². The summed E-state index contributed by atoms with van der Waals surface area (Å²) in [6, 6.07) is 2.54. The van der Waals surface area contributed by atoms with E-state index in [1.807, 2.05) is 0 Å². The van der Waals surface area contributed by atoms with Gasteiger partial charge in [0, 0.05) is 0 Å². The summed E-state index contributed by atoms with van der Waals surface area (Å²) in [5, 5.41) is 0. The molecule has 0 aliphatic heterocycles. The highest BCUT2D eigenvalue weighted by atomic mass is 19.3. The van der Waals surface area contributed by atoms with Crippen molar-refractivity contribution in [2.45, 2.75) is 116 Å². The maximum Gasteiger partial charge on any atom is 0.387 e. The Bertz CT molecular complexity index is 691. The lowest BCUT2D eigenvalue weighted by molar-refractivity contribution is -0.0525. The van der Waals surface area contributed by atoms with Gasteiger partial charge in [0.05, 0.1) is 0 Å². The average molecular weight is 457 g/mol. The van der Waals surface area contributed by atoms with Crippen LogP contribution in [0.5, 0.6) is 5.75 Å². The number of halogens is 4. The number of unbranched alkanes of at least 4 members (excludes halogenated alkanes) is 3. The van der Waals surface area contributed by atoms with Gasteiger partial charge < -0.3 is 4.74 Å². The second-order valence-corrected chi connectivity index (χ2v) is 10.3. The molecule has 0 N–H and O–H groups in total. The number of alkyl halides is 2. The van der Waals surface area contributed by atoms with Crippen molar-refractivity contribution in [3.05, 3.63) is 29.3 Å². The first-order valence-corrected chi connectivity index (χ1v) is 12.9. The lowest BCUT2D eigenvalue weighted by atomic mass is 9.62. The fraction of sp³-hybridized carbons (Fsp3) is 0.778. The normalized spacial score (nSPS) is 24.8. The molecule has 0 saturated heterocycles. The number of hydrogen-bond acceptors (Lipinski definition) is 1. The summed E-state index contributed by atoms with van der Waals surface area (Å²) < 4.78 is 57.6. The lowest BCUT2D eigenvalue weighted by Crippen LogP contribution is -2.32. The highest BCUT2D eigenvalue weighted by Crippen LogP contribution is 2.49. The molecule has 3 rings (SSSR count). The largest absolute Gasteiger partial charge is 0.432 e. The van der Waals surface area contributed by atoms with Crippen LogP contribution in [0.25, 0.3) is 0 Å². The summed E-state index contributed by atoms with van der Waals surface area (Å²) >= 11 is 0. The Morgan fingerprint density at radius 3 is 2.22 bits per heavy atom. The third-order valence-corrected chi connectivity index (χ3v) is 8.24. The molecule has 0 heterocycles. The van der Waals surface area contributed by atoms with Crippen molar-refractivity contribution in [3.63, 3.8) is 0 Å². The summed E-state index contributed by atoms with van der Waals surface area (Å²) in [4.78, 5) is 0. The van der Waals surface area contributed by atoms with Gasteiger partial charge >= 0.3 is 6.61 Å². The van der Waals surface area contributed by atoms with E-state index in [4.69, 9.17) is 0 Å². The van der Waals surface area contributed by atoms with E-state index in [9.17, 15) is 17.6 Å². The van der Waals surface area contributed by atoms with Crippen LogP contribution in [0, 0.1) is 28.9 Å². The van der Waals surface area contributed by atoms with Gasteiger partial charge in [-0.1, -0.05) is 70.8 Å². The average Bonchev–Trinajstić information content (AvgIpc) is 2.80. The Morgan fingerprint density at radius 2 is 1.56 bits per heavy atom. The number of hydrogen-bond donors (Lipinski definition) is 0. The quantitative estimate of drug-likeness (QED) is 0.238. The lowest BCUT2D eigenvalue weighted by Gasteiger charge is -2.44. The van der Waals surface area contributed by atoms with Gasteiger partial charge in [-0.05, 0) is 73.8 Å². The molecule has 0 unspecified atom stereocenters. The molecule has 1 nitrogen and oxygen atoms in total. The molecule has 0 spiro atoms. The van der Waals surface area contributed by atoms with Crippen LogP contribution < -0.4 is 4.74 Å². The van der Waals surface area contributed by atoms with Crippen molar-refractivity contribution < 1.29 is 22.3 Å². The van der Waals surface area contributed by atoms with Gasteiger partial charge in [0.2, 0.25) is 5.82 Å². The van der Waals surface area contributed by atoms with Crippen LogP contribution in [0.2, 0.25) is 0 Å². The van der Waals surface area contributed by atoms with E-state index in [1.165, 1.54) is 89.5 Å². The fourth-order valence-corrected chi connectivity index (χ4v) is 6.23. The third kappa shape index (κ3) is 6.87. The monoisotopic (exact) mass is 456 g/mol. The summed E-state index contributed by atoms with van der Waals surface area (Å²) in [7, 11) is 0. The van der Waals surface area contributed by atoms with E-state index in [2.05, 4.69) is 11.7 Å². The van der Waals surface area contributed by atoms with Crippen LogP contribution in [0.1, 0.15) is 109 Å². The van der Waals surface area contributed by atoms with Crippen molar-refractivity contribution >= 4 is 0 Å². The Balaban J connectivity index is 1.64. The number of benzene rings is 1. The maximum absolute atomic E-state index is 14.5. The van der Waals surface area contributed by atoms with Crippen LogP contribution >= 0.6 is 0 Å². The number of ether oxygens (including phenoxy) is 1. The molecule has 2 fully saturated rings. The minimum Gasteiger partial charge on any atom is -0.432 e. The Hall–Kier alpha value is -1.26. The summed E-state index contributed by atoms with van der Waals surface area (Å²) in [5.41, 5.74) is 0.464. The van der Waals surface area contributed by atoms with Crippen molar-refractivity contribution in [2.75, 3.05) is 0 Å². The molecule has 0 amide bonds. The summed E-state index contributed by atoms with van der Waals surface area (Å²) in [5.74, 6) is -1.35. The third-order valence-electron chi connectivity index (χ3n) is 8.24. The van der Waals surface area contributed by atoms with Gasteiger partial charge in [0.1, 0.15) is 0 Å². The Morgan fingerprint density at radius 1 is 0.875 bits per heavy atom. The zero-order valence-electron chi connectivity index (χ0n) is 19.6. The SMILES string of the molecule is CCCCCC[C@]1(CCc2ccc(OC(F)F)c(F)c2F)CC[C@@H](C2CCCCC2)CC1.